The molecule has 5 fully saturated rings. The maximum atomic E-state index is 14.0. The largest absolute Gasteiger partial charge is 0.460 e. The number of pyridine rings is 2. The molecule has 2 aromatic rings. The van der Waals surface area contributed by atoms with Crippen molar-refractivity contribution < 1.29 is 28.2 Å². The van der Waals surface area contributed by atoms with Gasteiger partial charge in [0.25, 0.3) is 12.1 Å². The smallest absolute Gasteiger partial charge is 0.376 e. The maximum Gasteiger partial charge on any atom is 0.376 e. The molecule has 0 spiro atoms. The normalized spacial score (nSPS) is 36.3. The molecule has 0 aromatic carbocycles. The number of hydrogen-bond acceptors (Lipinski definition) is 6. The van der Waals surface area contributed by atoms with E-state index in [0.717, 1.165) is 43.5 Å². The molecule has 7 rings (SSSR count). The van der Waals surface area contributed by atoms with Gasteiger partial charge in [-0.05, 0) is 117 Å². The van der Waals surface area contributed by atoms with Crippen molar-refractivity contribution in [1.29, 1.82) is 0 Å². The number of carbonyl (C=O) groups excluding carboxylic acids is 2. The number of rotatable bonds is 12. The standard InChI is InChI=1S/C52H80N4O4/c1-14-40(55-30-21-36(22-31-55)53(10)11)46(57)59-34-52-27-18-38(35(3)4)45(52)39-16-17-43-49(7)25-20-44(48(5,6)42(49)19-26-51(43,9)50(39,8)28-29-52)60-47(58)41(15-2)56-32-23-37(24-33-56)54(12)13/h21-24,30-33,38-45H,3,14-20,25-29,34H2,1-2,4-13H3/q+2/t38?,39?,40?,41?,42?,43?,44-,45?,49-,50+,51+,52+/m0/s1. The van der Waals surface area contributed by atoms with Gasteiger partial charge in [-0.2, -0.15) is 9.13 Å². The molecule has 330 valence electrons. The molecule has 5 aliphatic rings. The van der Waals surface area contributed by atoms with Crippen molar-refractivity contribution in [2.75, 3.05) is 44.6 Å². The van der Waals surface area contributed by atoms with E-state index in [9.17, 15) is 9.59 Å². The first-order valence-electron chi connectivity index (χ1n) is 23.7. The Morgan fingerprint density at radius 1 is 0.717 bits per heavy atom. The molecule has 8 nitrogen and oxygen atoms in total. The summed E-state index contributed by atoms with van der Waals surface area (Å²) in [4.78, 5) is 32.1. The molecular weight excluding hydrogens is 745 g/mol. The third kappa shape index (κ3) is 7.19. The Labute approximate surface area is 363 Å². The fourth-order valence-electron chi connectivity index (χ4n) is 15.1. The Balaban J connectivity index is 1.09. The fraction of sp³-hybridized carbons (Fsp3) is 0.731. The van der Waals surface area contributed by atoms with Crippen LogP contribution < -0.4 is 18.9 Å². The number of esters is 2. The highest BCUT2D eigenvalue weighted by atomic mass is 16.5. The molecule has 5 aliphatic carbocycles. The molecule has 5 saturated carbocycles. The lowest BCUT2D eigenvalue weighted by atomic mass is 9.32. The van der Waals surface area contributed by atoms with Crippen LogP contribution in [-0.2, 0) is 19.1 Å². The third-order valence-corrected chi connectivity index (χ3v) is 18.7. The van der Waals surface area contributed by atoms with Crippen molar-refractivity contribution in [3.63, 3.8) is 0 Å². The van der Waals surface area contributed by atoms with Crippen LogP contribution in [0, 0.1) is 56.7 Å². The minimum atomic E-state index is -0.330. The summed E-state index contributed by atoms with van der Waals surface area (Å²) in [6, 6.07) is 7.62. The number of allylic oxidation sites excluding steroid dienone is 1. The van der Waals surface area contributed by atoms with Crippen LogP contribution in [0.15, 0.2) is 61.2 Å². The van der Waals surface area contributed by atoms with Gasteiger partial charge in [0, 0.05) is 87.5 Å². The Morgan fingerprint density at radius 3 is 1.82 bits per heavy atom. The Kier molecular flexibility index (Phi) is 12.2. The van der Waals surface area contributed by atoms with Gasteiger partial charge in [-0.3, -0.25) is 0 Å². The summed E-state index contributed by atoms with van der Waals surface area (Å²) >= 11 is 0. The highest BCUT2D eigenvalue weighted by molar-refractivity contribution is 5.73. The summed E-state index contributed by atoms with van der Waals surface area (Å²) < 4.78 is 17.2. The number of fused-ring (bicyclic) bond motifs is 7. The van der Waals surface area contributed by atoms with Gasteiger partial charge < -0.3 is 19.3 Å². The molecule has 7 unspecified atom stereocenters. The predicted molar refractivity (Wildman–Crippen MR) is 240 cm³/mol. The van der Waals surface area contributed by atoms with E-state index in [1.807, 2.05) is 62.1 Å². The lowest BCUT2D eigenvalue weighted by Gasteiger charge is -2.73. The molecule has 12 atom stereocenters. The lowest BCUT2D eigenvalue weighted by Crippen LogP contribution is -2.67. The molecule has 0 radical (unpaired) electrons. The number of hydrogen-bond donors (Lipinski definition) is 0. The first kappa shape index (κ1) is 44.6. The van der Waals surface area contributed by atoms with Crippen molar-refractivity contribution in [3.05, 3.63) is 61.2 Å². The van der Waals surface area contributed by atoms with E-state index in [2.05, 4.69) is 96.0 Å². The highest BCUT2D eigenvalue weighted by Gasteiger charge is 2.71. The van der Waals surface area contributed by atoms with Gasteiger partial charge in [0.05, 0.1) is 6.61 Å². The maximum absolute atomic E-state index is 14.0. The van der Waals surface area contributed by atoms with Crippen molar-refractivity contribution >= 4 is 23.3 Å². The quantitative estimate of drug-likeness (QED) is 0.121. The molecule has 0 N–H and O–H groups in total. The van der Waals surface area contributed by atoms with Crippen molar-refractivity contribution in [3.8, 4) is 0 Å². The first-order chi connectivity index (χ1) is 28.3. The van der Waals surface area contributed by atoms with Crippen LogP contribution in [-0.4, -0.2) is 52.8 Å². The second kappa shape index (κ2) is 16.4. The van der Waals surface area contributed by atoms with E-state index >= 15 is 0 Å². The van der Waals surface area contributed by atoms with E-state index in [1.165, 1.54) is 37.7 Å². The zero-order valence-corrected chi connectivity index (χ0v) is 39.6. The summed E-state index contributed by atoms with van der Waals surface area (Å²) in [6.07, 6.45) is 20.8. The van der Waals surface area contributed by atoms with Crippen LogP contribution in [0.5, 0.6) is 0 Å². The number of nitrogens with zero attached hydrogens (tertiary/aromatic N) is 4. The molecule has 0 bridgehead atoms. The molecule has 0 aliphatic heterocycles. The number of ether oxygens (including phenoxy) is 2. The van der Waals surface area contributed by atoms with Crippen molar-refractivity contribution in [2.45, 2.75) is 151 Å². The Bertz CT molecular complexity index is 1890. The van der Waals surface area contributed by atoms with Gasteiger partial charge in [0.1, 0.15) is 6.10 Å². The average molecular weight is 825 g/mol. The van der Waals surface area contributed by atoms with Crippen molar-refractivity contribution in [1.82, 2.24) is 0 Å². The molecule has 2 heterocycles. The molecular formula is C52H80N4O4+2. The summed E-state index contributed by atoms with van der Waals surface area (Å²) in [5.41, 5.74) is 4.00. The SMILES string of the molecule is C=C(C)C1CC[C@]2(COC(=O)C(CC)[n+]3ccc(N(C)C)cc3)CC[C@]3(C)C(CCC4[C@@]5(C)CC[C@H](OC(=O)C(CC)[n+]6ccc(N(C)C)cc6)C(C)(C)C5CC[C@]43C)C12. The van der Waals surface area contributed by atoms with Crippen LogP contribution in [0.3, 0.4) is 0 Å². The number of aromatic nitrogens is 2. The van der Waals surface area contributed by atoms with Crippen LogP contribution in [0.25, 0.3) is 0 Å². The second-order valence-corrected chi connectivity index (χ2v) is 22.1. The minimum absolute atomic E-state index is 0.00154. The first-order valence-corrected chi connectivity index (χ1v) is 23.7. The van der Waals surface area contributed by atoms with Gasteiger partial charge in [-0.15, -0.1) is 0 Å². The lowest BCUT2D eigenvalue weighted by molar-refractivity contribution is -0.711. The van der Waals surface area contributed by atoms with Crippen LogP contribution in [0.4, 0.5) is 11.4 Å². The molecule has 60 heavy (non-hydrogen) atoms. The van der Waals surface area contributed by atoms with E-state index in [4.69, 9.17) is 9.47 Å². The third-order valence-electron chi connectivity index (χ3n) is 18.7. The van der Waals surface area contributed by atoms with Gasteiger partial charge in [-0.1, -0.05) is 60.6 Å². The van der Waals surface area contributed by atoms with Gasteiger partial charge in [0.15, 0.2) is 24.8 Å². The molecule has 8 heteroatoms. The molecule has 2 aromatic heterocycles. The number of carbonyl (C=O) groups is 2. The second-order valence-electron chi connectivity index (χ2n) is 22.1. The molecule has 0 amide bonds. The zero-order valence-electron chi connectivity index (χ0n) is 39.6. The summed E-state index contributed by atoms with van der Waals surface area (Å²) in [5.74, 6) is 2.42. The predicted octanol–water partition coefficient (Wildman–Crippen LogP) is 10.1. The minimum Gasteiger partial charge on any atom is -0.460 e. The van der Waals surface area contributed by atoms with E-state index in [-0.39, 0.29) is 57.2 Å². The number of anilines is 2. The van der Waals surface area contributed by atoms with Crippen LogP contribution in [0.2, 0.25) is 0 Å². The van der Waals surface area contributed by atoms with E-state index in [1.54, 1.807) is 0 Å². The zero-order chi connectivity index (χ0) is 43.6. The van der Waals surface area contributed by atoms with E-state index in [0.29, 0.717) is 49.0 Å². The van der Waals surface area contributed by atoms with Crippen LogP contribution >= 0.6 is 0 Å². The monoisotopic (exact) mass is 825 g/mol. The van der Waals surface area contributed by atoms with E-state index < -0.39 is 0 Å². The topological polar surface area (TPSA) is 66.8 Å². The van der Waals surface area contributed by atoms with Crippen molar-refractivity contribution in [2.24, 2.45) is 56.7 Å². The van der Waals surface area contributed by atoms with Crippen LogP contribution in [0.1, 0.15) is 145 Å². The fourth-order valence-corrected chi connectivity index (χ4v) is 15.1. The van der Waals surface area contributed by atoms with Gasteiger partial charge in [-0.25, -0.2) is 9.59 Å². The van der Waals surface area contributed by atoms with Gasteiger partial charge >= 0.3 is 11.9 Å². The van der Waals surface area contributed by atoms with Gasteiger partial charge in [0.2, 0.25) is 0 Å². The molecule has 0 saturated heterocycles. The highest BCUT2D eigenvalue weighted by Crippen LogP contribution is 2.77. The summed E-state index contributed by atoms with van der Waals surface area (Å²) in [6.45, 7) is 24.4. The Hall–Kier alpha value is -3.42. The summed E-state index contributed by atoms with van der Waals surface area (Å²) in [5, 5.41) is 0. The Morgan fingerprint density at radius 2 is 1.28 bits per heavy atom. The average Bonchev–Trinajstić information content (AvgIpc) is 3.60. The summed E-state index contributed by atoms with van der Waals surface area (Å²) in [7, 11) is 8.15.